The molecule has 3 aromatic rings. The molecular weight excluding hydrogens is 420 g/mol. The maximum atomic E-state index is 13.2. The van der Waals surface area contributed by atoms with E-state index in [9.17, 15) is 4.79 Å². The molecule has 5 heteroatoms. The summed E-state index contributed by atoms with van der Waals surface area (Å²) in [5.74, 6) is 0.0418. The summed E-state index contributed by atoms with van der Waals surface area (Å²) in [5.41, 5.74) is 3.43. The SMILES string of the molecule is Cl.O=C(c1ccoc1)N(c1ccccc1)C1CC2(CCN(CCc3ccccc3)CC2)C1. The molecule has 0 unspecified atom stereocenters. The van der Waals surface area contributed by atoms with Crippen LogP contribution in [0.15, 0.2) is 83.7 Å². The largest absolute Gasteiger partial charge is 0.472 e. The topological polar surface area (TPSA) is 36.7 Å². The lowest BCUT2D eigenvalue weighted by molar-refractivity contribution is 0.0157. The van der Waals surface area contributed by atoms with Crippen molar-refractivity contribution in [2.24, 2.45) is 5.41 Å². The maximum Gasteiger partial charge on any atom is 0.261 e. The second kappa shape index (κ2) is 9.93. The van der Waals surface area contributed by atoms with Crippen molar-refractivity contribution >= 4 is 24.0 Å². The van der Waals surface area contributed by atoms with Crippen molar-refractivity contribution in [2.45, 2.75) is 38.1 Å². The highest BCUT2D eigenvalue weighted by Gasteiger charge is 2.49. The first-order valence-corrected chi connectivity index (χ1v) is 11.4. The number of hydrogen-bond donors (Lipinski definition) is 0. The van der Waals surface area contributed by atoms with Crippen LogP contribution in [0.2, 0.25) is 0 Å². The summed E-state index contributed by atoms with van der Waals surface area (Å²) in [6.45, 7) is 3.47. The average Bonchev–Trinajstić information content (AvgIpc) is 3.34. The lowest BCUT2D eigenvalue weighted by atomic mass is 9.60. The lowest BCUT2D eigenvalue weighted by Gasteiger charge is -2.55. The van der Waals surface area contributed by atoms with Crippen LogP contribution >= 0.6 is 12.4 Å². The molecule has 1 amide bonds. The van der Waals surface area contributed by atoms with E-state index in [0.717, 1.165) is 31.5 Å². The predicted molar refractivity (Wildman–Crippen MR) is 130 cm³/mol. The molecule has 168 valence electrons. The van der Waals surface area contributed by atoms with Crippen LogP contribution in [0.1, 0.15) is 41.6 Å². The summed E-state index contributed by atoms with van der Waals surface area (Å²) < 4.78 is 5.18. The van der Waals surface area contributed by atoms with E-state index in [2.05, 4.69) is 35.2 Å². The van der Waals surface area contributed by atoms with Gasteiger partial charge in [-0.25, -0.2) is 0 Å². The number of carbonyl (C=O) groups is 1. The van der Waals surface area contributed by atoms with Gasteiger partial charge in [0.2, 0.25) is 0 Å². The molecule has 32 heavy (non-hydrogen) atoms. The zero-order valence-electron chi connectivity index (χ0n) is 18.4. The third kappa shape index (κ3) is 4.77. The summed E-state index contributed by atoms with van der Waals surface area (Å²) in [7, 11) is 0. The molecule has 0 atom stereocenters. The zero-order valence-corrected chi connectivity index (χ0v) is 19.2. The van der Waals surface area contributed by atoms with E-state index in [4.69, 9.17) is 4.42 Å². The predicted octanol–water partition coefficient (Wildman–Crippen LogP) is 5.84. The Hall–Kier alpha value is -2.56. The van der Waals surface area contributed by atoms with Crippen LogP contribution in [0, 0.1) is 5.41 Å². The van der Waals surface area contributed by atoms with Gasteiger partial charge in [-0.2, -0.15) is 0 Å². The Morgan fingerprint density at radius 2 is 1.62 bits per heavy atom. The zero-order chi connectivity index (χ0) is 21.1. The average molecular weight is 451 g/mol. The van der Waals surface area contributed by atoms with Gasteiger partial charge in [-0.05, 0) is 74.4 Å². The summed E-state index contributed by atoms with van der Waals surface area (Å²) in [4.78, 5) is 17.8. The van der Waals surface area contributed by atoms with Gasteiger partial charge in [0.05, 0.1) is 11.8 Å². The Morgan fingerprint density at radius 3 is 2.25 bits per heavy atom. The third-order valence-electron chi connectivity index (χ3n) is 7.20. The summed E-state index contributed by atoms with van der Waals surface area (Å²) >= 11 is 0. The number of amides is 1. The molecule has 2 fully saturated rings. The number of piperidine rings is 1. The minimum absolute atomic E-state index is 0. The molecule has 1 aromatic heterocycles. The van der Waals surface area contributed by atoms with Gasteiger partial charge in [0, 0.05) is 18.3 Å². The minimum Gasteiger partial charge on any atom is -0.472 e. The van der Waals surface area contributed by atoms with Crippen molar-refractivity contribution in [2.75, 3.05) is 24.5 Å². The smallest absolute Gasteiger partial charge is 0.261 e. The first kappa shape index (κ1) is 22.6. The Balaban J connectivity index is 0.00000245. The Morgan fingerprint density at radius 1 is 0.969 bits per heavy atom. The molecule has 5 rings (SSSR count). The number of benzene rings is 2. The van der Waals surface area contributed by atoms with Gasteiger partial charge in [0.1, 0.15) is 6.26 Å². The van der Waals surface area contributed by atoms with Crippen LogP contribution in [-0.2, 0) is 6.42 Å². The van der Waals surface area contributed by atoms with Gasteiger partial charge in [-0.15, -0.1) is 12.4 Å². The second-order valence-electron chi connectivity index (χ2n) is 9.16. The molecule has 2 aliphatic rings. The summed E-state index contributed by atoms with van der Waals surface area (Å²) in [6.07, 6.45) is 8.91. The number of halogens is 1. The van der Waals surface area contributed by atoms with E-state index in [1.54, 1.807) is 18.6 Å². The molecule has 1 aliphatic heterocycles. The number of rotatable bonds is 6. The molecule has 1 spiro atoms. The molecule has 0 radical (unpaired) electrons. The highest BCUT2D eigenvalue weighted by Crippen LogP contribution is 2.51. The Bertz CT molecular complexity index is 975. The first-order chi connectivity index (χ1) is 15.2. The summed E-state index contributed by atoms with van der Waals surface area (Å²) in [5, 5.41) is 0. The van der Waals surface area contributed by atoms with Crippen LogP contribution in [0.25, 0.3) is 0 Å². The van der Waals surface area contributed by atoms with Crippen molar-refractivity contribution in [1.82, 2.24) is 4.90 Å². The van der Waals surface area contributed by atoms with Gasteiger partial charge in [0.25, 0.3) is 5.91 Å². The molecule has 1 saturated carbocycles. The summed E-state index contributed by atoms with van der Waals surface area (Å²) in [6, 6.07) is 22.9. The number of likely N-dealkylation sites (tertiary alicyclic amines) is 1. The number of nitrogens with zero attached hydrogens (tertiary/aromatic N) is 2. The number of hydrogen-bond acceptors (Lipinski definition) is 3. The van der Waals surface area contributed by atoms with Crippen LogP contribution in [0.4, 0.5) is 5.69 Å². The van der Waals surface area contributed by atoms with Crippen LogP contribution < -0.4 is 4.90 Å². The van der Waals surface area contributed by atoms with Crippen molar-refractivity contribution < 1.29 is 9.21 Å². The van der Waals surface area contributed by atoms with Crippen LogP contribution in [-0.4, -0.2) is 36.5 Å². The van der Waals surface area contributed by atoms with E-state index in [1.165, 1.54) is 31.5 Å². The molecule has 1 saturated heterocycles. The lowest BCUT2D eigenvalue weighted by Crippen LogP contribution is -2.56. The van der Waals surface area contributed by atoms with Gasteiger partial charge in [-0.1, -0.05) is 48.5 Å². The molecule has 0 N–H and O–H groups in total. The number of carbonyl (C=O) groups excluding carboxylic acids is 1. The normalized spacial score (nSPS) is 18.0. The monoisotopic (exact) mass is 450 g/mol. The maximum absolute atomic E-state index is 13.2. The highest BCUT2D eigenvalue weighted by molar-refractivity contribution is 6.06. The van der Waals surface area contributed by atoms with Gasteiger partial charge < -0.3 is 14.2 Å². The van der Waals surface area contributed by atoms with Crippen LogP contribution in [0.5, 0.6) is 0 Å². The van der Waals surface area contributed by atoms with E-state index >= 15 is 0 Å². The fourth-order valence-corrected chi connectivity index (χ4v) is 5.32. The number of para-hydroxylation sites is 1. The third-order valence-corrected chi connectivity index (χ3v) is 7.20. The number of furan rings is 1. The minimum atomic E-state index is 0. The van der Waals surface area contributed by atoms with Crippen molar-refractivity contribution in [3.8, 4) is 0 Å². The van der Waals surface area contributed by atoms with Crippen molar-refractivity contribution in [1.29, 1.82) is 0 Å². The van der Waals surface area contributed by atoms with E-state index in [1.807, 2.05) is 35.2 Å². The molecule has 2 aromatic carbocycles. The molecular formula is C27H31ClN2O2. The van der Waals surface area contributed by atoms with Crippen molar-refractivity contribution in [3.63, 3.8) is 0 Å². The van der Waals surface area contributed by atoms with Crippen LogP contribution in [0.3, 0.4) is 0 Å². The number of anilines is 1. The van der Waals surface area contributed by atoms with Gasteiger partial charge in [-0.3, -0.25) is 4.79 Å². The molecule has 4 nitrogen and oxygen atoms in total. The second-order valence-corrected chi connectivity index (χ2v) is 9.16. The van der Waals surface area contributed by atoms with E-state index < -0.39 is 0 Å². The Labute approximate surface area is 196 Å². The standard InChI is InChI=1S/C27H30N2O2.ClH/c30-26(23-12-18-31-21-23)29(24-9-5-2-6-10-24)25-19-27(20-25)13-16-28(17-14-27)15-11-22-7-3-1-4-8-22;/h1-10,12,18,21,25H,11,13-17,19-20H2;1H. The van der Waals surface area contributed by atoms with E-state index in [0.29, 0.717) is 11.0 Å². The molecule has 2 heterocycles. The van der Waals surface area contributed by atoms with E-state index in [-0.39, 0.29) is 24.4 Å². The highest BCUT2D eigenvalue weighted by atomic mass is 35.5. The fraction of sp³-hybridized carbons (Fsp3) is 0.370. The quantitative estimate of drug-likeness (QED) is 0.473. The fourth-order valence-electron chi connectivity index (χ4n) is 5.32. The van der Waals surface area contributed by atoms with Crippen molar-refractivity contribution in [3.05, 3.63) is 90.4 Å². The Kier molecular flexibility index (Phi) is 7.02. The molecule has 1 aliphatic carbocycles. The van der Waals surface area contributed by atoms with Gasteiger partial charge >= 0.3 is 0 Å². The van der Waals surface area contributed by atoms with Gasteiger partial charge in [0.15, 0.2) is 0 Å². The first-order valence-electron chi connectivity index (χ1n) is 11.4. The molecule has 0 bridgehead atoms.